The molecular formula is C10H23NO. The highest BCUT2D eigenvalue weighted by atomic mass is 16.3. The minimum Gasteiger partial charge on any atom is -0.393 e. The SMILES string of the molecule is CCCCCC(N)CCC(C)O. The molecule has 0 aliphatic carbocycles. The Balaban J connectivity index is 3.15. The topological polar surface area (TPSA) is 46.2 Å². The summed E-state index contributed by atoms with van der Waals surface area (Å²) in [5, 5.41) is 9.02. The number of hydrogen-bond acceptors (Lipinski definition) is 2. The first-order chi connectivity index (χ1) is 5.66. The summed E-state index contributed by atoms with van der Waals surface area (Å²) in [4.78, 5) is 0. The quantitative estimate of drug-likeness (QED) is 0.579. The summed E-state index contributed by atoms with van der Waals surface area (Å²) in [6, 6.07) is 0.297. The van der Waals surface area contributed by atoms with Crippen molar-refractivity contribution in [2.45, 2.75) is 64.5 Å². The van der Waals surface area contributed by atoms with E-state index in [2.05, 4.69) is 6.92 Å². The third kappa shape index (κ3) is 8.02. The molecule has 0 saturated carbocycles. The van der Waals surface area contributed by atoms with Crippen LogP contribution >= 0.6 is 0 Å². The molecule has 2 atom stereocenters. The Kier molecular flexibility index (Phi) is 7.51. The number of nitrogens with two attached hydrogens (primary N) is 1. The van der Waals surface area contributed by atoms with Crippen molar-refractivity contribution in [2.75, 3.05) is 0 Å². The fraction of sp³-hybridized carbons (Fsp3) is 1.00. The van der Waals surface area contributed by atoms with E-state index in [1.165, 1.54) is 19.3 Å². The molecule has 74 valence electrons. The Hall–Kier alpha value is -0.0800. The molecule has 0 aliphatic rings. The summed E-state index contributed by atoms with van der Waals surface area (Å²) in [7, 11) is 0. The van der Waals surface area contributed by atoms with Gasteiger partial charge in [0.05, 0.1) is 6.10 Å². The summed E-state index contributed by atoms with van der Waals surface area (Å²) in [6.07, 6.45) is 6.49. The van der Waals surface area contributed by atoms with Crippen LogP contribution in [-0.4, -0.2) is 17.3 Å². The van der Waals surface area contributed by atoms with Gasteiger partial charge in [-0.05, 0) is 26.2 Å². The van der Waals surface area contributed by atoms with Crippen molar-refractivity contribution < 1.29 is 5.11 Å². The molecule has 0 aromatic carbocycles. The van der Waals surface area contributed by atoms with E-state index >= 15 is 0 Å². The zero-order chi connectivity index (χ0) is 9.40. The molecule has 0 radical (unpaired) electrons. The second-order valence-electron chi connectivity index (χ2n) is 3.68. The van der Waals surface area contributed by atoms with Crippen molar-refractivity contribution in [3.8, 4) is 0 Å². The van der Waals surface area contributed by atoms with Crippen LogP contribution in [0.3, 0.4) is 0 Å². The summed E-state index contributed by atoms with van der Waals surface area (Å²) < 4.78 is 0. The Bertz CT molecular complexity index is 93.8. The molecule has 0 aromatic rings. The maximum Gasteiger partial charge on any atom is 0.0512 e. The van der Waals surface area contributed by atoms with Gasteiger partial charge in [-0.15, -0.1) is 0 Å². The maximum absolute atomic E-state index is 9.02. The van der Waals surface area contributed by atoms with E-state index in [0.29, 0.717) is 6.04 Å². The minimum atomic E-state index is -0.192. The molecule has 2 nitrogen and oxygen atoms in total. The van der Waals surface area contributed by atoms with Gasteiger partial charge in [-0.1, -0.05) is 26.2 Å². The molecule has 0 fully saturated rings. The van der Waals surface area contributed by atoms with Crippen molar-refractivity contribution in [2.24, 2.45) is 5.73 Å². The summed E-state index contributed by atoms with van der Waals surface area (Å²) in [5.74, 6) is 0. The van der Waals surface area contributed by atoms with Gasteiger partial charge in [0.15, 0.2) is 0 Å². The number of unbranched alkanes of at least 4 members (excludes halogenated alkanes) is 2. The van der Waals surface area contributed by atoms with Crippen molar-refractivity contribution >= 4 is 0 Å². The van der Waals surface area contributed by atoms with Gasteiger partial charge in [0.1, 0.15) is 0 Å². The van der Waals surface area contributed by atoms with Gasteiger partial charge in [-0.25, -0.2) is 0 Å². The molecule has 12 heavy (non-hydrogen) atoms. The van der Waals surface area contributed by atoms with Crippen LogP contribution in [0.1, 0.15) is 52.4 Å². The highest BCUT2D eigenvalue weighted by Gasteiger charge is 2.03. The van der Waals surface area contributed by atoms with Crippen LogP contribution in [-0.2, 0) is 0 Å². The molecule has 0 saturated heterocycles. The van der Waals surface area contributed by atoms with Crippen LogP contribution in [0.15, 0.2) is 0 Å². The van der Waals surface area contributed by atoms with E-state index in [-0.39, 0.29) is 6.10 Å². The van der Waals surface area contributed by atoms with Crippen molar-refractivity contribution in [3.63, 3.8) is 0 Å². The van der Waals surface area contributed by atoms with Gasteiger partial charge in [-0.3, -0.25) is 0 Å². The van der Waals surface area contributed by atoms with E-state index in [9.17, 15) is 0 Å². The van der Waals surface area contributed by atoms with Crippen LogP contribution in [0, 0.1) is 0 Å². The summed E-state index contributed by atoms with van der Waals surface area (Å²) in [6.45, 7) is 4.01. The Morgan fingerprint density at radius 2 is 1.83 bits per heavy atom. The summed E-state index contributed by atoms with van der Waals surface area (Å²) >= 11 is 0. The standard InChI is InChI=1S/C10H23NO/c1-3-4-5-6-10(11)8-7-9(2)12/h9-10,12H,3-8,11H2,1-2H3. The third-order valence-corrected chi connectivity index (χ3v) is 2.13. The monoisotopic (exact) mass is 173 g/mol. The fourth-order valence-corrected chi connectivity index (χ4v) is 1.26. The normalized spacial score (nSPS) is 16.0. The lowest BCUT2D eigenvalue weighted by Crippen LogP contribution is -2.21. The van der Waals surface area contributed by atoms with Gasteiger partial charge in [0.2, 0.25) is 0 Å². The molecule has 3 N–H and O–H groups in total. The van der Waals surface area contributed by atoms with Crippen LogP contribution in [0.25, 0.3) is 0 Å². The Labute approximate surface area is 76.2 Å². The molecule has 2 heteroatoms. The maximum atomic E-state index is 9.02. The van der Waals surface area contributed by atoms with Crippen LogP contribution in [0.5, 0.6) is 0 Å². The highest BCUT2D eigenvalue weighted by molar-refractivity contribution is 4.62. The lowest BCUT2D eigenvalue weighted by atomic mass is 10.0. The number of aliphatic hydroxyl groups excluding tert-OH is 1. The van der Waals surface area contributed by atoms with Gasteiger partial charge >= 0.3 is 0 Å². The lowest BCUT2D eigenvalue weighted by molar-refractivity contribution is 0.177. The van der Waals surface area contributed by atoms with Crippen molar-refractivity contribution in [1.29, 1.82) is 0 Å². The molecule has 0 bridgehead atoms. The van der Waals surface area contributed by atoms with Crippen LogP contribution in [0.4, 0.5) is 0 Å². The van der Waals surface area contributed by atoms with Gasteiger partial charge in [-0.2, -0.15) is 0 Å². The average molecular weight is 173 g/mol. The van der Waals surface area contributed by atoms with E-state index in [4.69, 9.17) is 10.8 Å². The zero-order valence-electron chi connectivity index (χ0n) is 8.42. The molecule has 2 unspecified atom stereocenters. The summed E-state index contributed by atoms with van der Waals surface area (Å²) in [5.41, 5.74) is 5.85. The highest BCUT2D eigenvalue weighted by Crippen LogP contribution is 2.07. The van der Waals surface area contributed by atoms with E-state index < -0.39 is 0 Å². The second kappa shape index (κ2) is 7.56. The number of rotatable bonds is 7. The van der Waals surface area contributed by atoms with Crippen molar-refractivity contribution in [3.05, 3.63) is 0 Å². The largest absolute Gasteiger partial charge is 0.393 e. The van der Waals surface area contributed by atoms with E-state index in [1.807, 2.05) is 6.92 Å². The minimum absolute atomic E-state index is 0.192. The van der Waals surface area contributed by atoms with Crippen LogP contribution in [0.2, 0.25) is 0 Å². The predicted octanol–water partition coefficient (Wildman–Crippen LogP) is 2.06. The van der Waals surface area contributed by atoms with Crippen molar-refractivity contribution in [1.82, 2.24) is 0 Å². The van der Waals surface area contributed by atoms with Gasteiger partial charge < -0.3 is 10.8 Å². The molecule has 0 heterocycles. The molecule has 0 aliphatic heterocycles. The first-order valence-corrected chi connectivity index (χ1v) is 5.10. The number of hydrogen-bond donors (Lipinski definition) is 2. The van der Waals surface area contributed by atoms with Crippen LogP contribution < -0.4 is 5.73 Å². The smallest absolute Gasteiger partial charge is 0.0512 e. The predicted molar refractivity (Wildman–Crippen MR) is 53.0 cm³/mol. The first-order valence-electron chi connectivity index (χ1n) is 5.10. The molecule has 0 spiro atoms. The third-order valence-electron chi connectivity index (χ3n) is 2.13. The Morgan fingerprint density at radius 3 is 2.33 bits per heavy atom. The zero-order valence-corrected chi connectivity index (χ0v) is 8.42. The molecular weight excluding hydrogens is 150 g/mol. The lowest BCUT2D eigenvalue weighted by Gasteiger charge is -2.11. The molecule has 0 amide bonds. The molecule has 0 rings (SSSR count). The fourth-order valence-electron chi connectivity index (χ4n) is 1.26. The van der Waals surface area contributed by atoms with E-state index in [1.54, 1.807) is 0 Å². The second-order valence-corrected chi connectivity index (χ2v) is 3.68. The van der Waals surface area contributed by atoms with Gasteiger partial charge in [0, 0.05) is 6.04 Å². The Morgan fingerprint density at radius 1 is 1.17 bits per heavy atom. The average Bonchev–Trinajstić information content (AvgIpc) is 2.01. The molecule has 0 aromatic heterocycles. The number of aliphatic hydroxyl groups is 1. The van der Waals surface area contributed by atoms with Gasteiger partial charge in [0.25, 0.3) is 0 Å². The van der Waals surface area contributed by atoms with E-state index in [0.717, 1.165) is 19.3 Å². The first kappa shape index (κ1) is 11.9.